The minimum atomic E-state index is -0.584. The van der Waals surface area contributed by atoms with E-state index < -0.39 is 6.10 Å². The number of para-hydroxylation sites is 2. The number of benzene rings is 2. The van der Waals surface area contributed by atoms with Gasteiger partial charge in [0.15, 0.2) is 17.6 Å². The van der Waals surface area contributed by atoms with Crippen LogP contribution >= 0.6 is 0 Å². The van der Waals surface area contributed by atoms with E-state index in [2.05, 4.69) is 32.0 Å². The molecule has 0 saturated carbocycles. The first-order valence-corrected chi connectivity index (χ1v) is 7.25. The fraction of sp³-hybridized carbons (Fsp3) is 0.333. The average molecular weight is 284 g/mol. The van der Waals surface area contributed by atoms with E-state index in [1.807, 2.05) is 24.3 Å². The Morgan fingerprint density at radius 3 is 2.48 bits per heavy atom. The summed E-state index contributed by atoms with van der Waals surface area (Å²) in [6.07, 6.45) is -0.348. The van der Waals surface area contributed by atoms with Crippen molar-refractivity contribution in [3.05, 3.63) is 59.2 Å². The van der Waals surface area contributed by atoms with Gasteiger partial charge in [0.1, 0.15) is 6.61 Å². The van der Waals surface area contributed by atoms with Crippen LogP contribution in [0.25, 0.3) is 0 Å². The van der Waals surface area contributed by atoms with Crippen LogP contribution in [0.3, 0.4) is 0 Å². The number of aliphatic hydroxyl groups is 1. The maximum Gasteiger partial charge on any atom is 0.161 e. The highest BCUT2D eigenvalue weighted by molar-refractivity contribution is 5.41. The molecule has 21 heavy (non-hydrogen) atoms. The first kappa shape index (κ1) is 14.0. The van der Waals surface area contributed by atoms with Gasteiger partial charge in [0.05, 0.1) is 6.10 Å². The molecular formula is C18H20O3. The standard InChI is InChI=1S/C18H20O3/c1-12-7-13(2)9-14(8-12)10-15(19)18-11-20-16-5-3-4-6-17(16)21-18/h3-9,15,18-19H,10-11H2,1-2H3. The smallest absolute Gasteiger partial charge is 0.161 e. The number of aliphatic hydroxyl groups excluding tert-OH is 1. The van der Waals surface area contributed by atoms with Gasteiger partial charge < -0.3 is 14.6 Å². The van der Waals surface area contributed by atoms with E-state index in [0.29, 0.717) is 18.8 Å². The van der Waals surface area contributed by atoms with E-state index in [-0.39, 0.29) is 6.10 Å². The van der Waals surface area contributed by atoms with E-state index in [1.54, 1.807) is 0 Å². The predicted molar refractivity (Wildman–Crippen MR) is 82.0 cm³/mol. The van der Waals surface area contributed by atoms with Crippen LogP contribution in [0, 0.1) is 13.8 Å². The van der Waals surface area contributed by atoms with Gasteiger partial charge in [-0.1, -0.05) is 41.5 Å². The van der Waals surface area contributed by atoms with Crippen LogP contribution in [0.1, 0.15) is 16.7 Å². The molecule has 3 rings (SSSR count). The van der Waals surface area contributed by atoms with Crippen molar-refractivity contribution < 1.29 is 14.6 Å². The van der Waals surface area contributed by atoms with Gasteiger partial charge in [-0.25, -0.2) is 0 Å². The fourth-order valence-corrected chi connectivity index (χ4v) is 2.79. The Labute approximate surface area is 125 Å². The summed E-state index contributed by atoms with van der Waals surface area (Å²) in [5.74, 6) is 1.44. The molecule has 2 aromatic rings. The second kappa shape index (κ2) is 5.78. The Hall–Kier alpha value is -2.00. The lowest BCUT2D eigenvalue weighted by atomic mass is 10.00. The van der Waals surface area contributed by atoms with Crippen molar-refractivity contribution in [3.63, 3.8) is 0 Å². The zero-order valence-corrected chi connectivity index (χ0v) is 12.4. The van der Waals surface area contributed by atoms with Gasteiger partial charge in [-0.2, -0.15) is 0 Å². The van der Waals surface area contributed by atoms with Gasteiger partial charge in [-0.05, 0) is 31.5 Å². The molecule has 0 fully saturated rings. The van der Waals surface area contributed by atoms with Crippen LogP contribution in [0.5, 0.6) is 11.5 Å². The van der Waals surface area contributed by atoms with E-state index >= 15 is 0 Å². The molecule has 0 aliphatic carbocycles. The summed E-state index contributed by atoms with van der Waals surface area (Å²) in [5.41, 5.74) is 3.55. The summed E-state index contributed by atoms with van der Waals surface area (Å²) < 4.78 is 11.5. The highest BCUT2D eigenvalue weighted by Gasteiger charge is 2.27. The highest BCUT2D eigenvalue weighted by atomic mass is 16.6. The van der Waals surface area contributed by atoms with Crippen molar-refractivity contribution in [1.82, 2.24) is 0 Å². The van der Waals surface area contributed by atoms with E-state index in [1.165, 1.54) is 11.1 Å². The van der Waals surface area contributed by atoms with Crippen LogP contribution in [0.15, 0.2) is 42.5 Å². The van der Waals surface area contributed by atoms with E-state index in [0.717, 1.165) is 11.3 Å². The molecule has 0 radical (unpaired) electrons. The lowest BCUT2D eigenvalue weighted by molar-refractivity contribution is -0.00941. The summed E-state index contributed by atoms with van der Waals surface area (Å²) in [6.45, 7) is 4.52. The van der Waals surface area contributed by atoms with Crippen LogP contribution in [-0.4, -0.2) is 23.9 Å². The molecular weight excluding hydrogens is 264 g/mol. The highest BCUT2D eigenvalue weighted by Crippen LogP contribution is 2.32. The van der Waals surface area contributed by atoms with Gasteiger partial charge >= 0.3 is 0 Å². The quantitative estimate of drug-likeness (QED) is 0.941. The molecule has 3 heteroatoms. The Kier molecular flexibility index (Phi) is 3.84. The summed E-state index contributed by atoms with van der Waals surface area (Å²) >= 11 is 0. The first-order chi connectivity index (χ1) is 10.1. The van der Waals surface area contributed by atoms with Crippen molar-refractivity contribution in [3.8, 4) is 11.5 Å². The molecule has 1 aliphatic rings. The predicted octanol–water partition coefficient (Wildman–Crippen LogP) is 3.05. The minimum Gasteiger partial charge on any atom is -0.486 e. The van der Waals surface area contributed by atoms with Crippen LogP contribution in [0.4, 0.5) is 0 Å². The van der Waals surface area contributed by atoms with Gasteiger partial charge in [-0.15, -0.1) is 0 Å². The molecule has 0 amide bonds. The normalized spacial score (nSPS) is 18.3. The largest absolute Gasteiger partial charge is 0.486 e. The van der Waals surface area contributed by atoms with Crippen molar-refractivity contribution in [1.29, 1.82) is 0 Å². The molecule has 2 atom stereocenters. The molecule has 1 aliphatic heterocycles. The van der Waals surface area contributed by atoms with Crippen molar-refractivity contribution in [2.24, 2.45) is 0 Å². The fourth-order valence-electron chi connectivity index (χ4n) is 2.79. The SMILES string of the molecule is Cc1cc(C)cc(CC(O)C2COc3ccccc3O2)c1. The van der Waals surface area contributed by atoms with Crippen LogP contribution in [0.2, 0.25) is 0 Å². The summed E-state index contributed by atoms with van der Waals surface area (Å²) in [5, 5.41) is 10.4. The third-order valence-electron chi connectivity index (χ3n) is 3.69. The number of ether oxygens (including phenoxy) is 2. The second-order valence-electron chi connectivity index (χ2n) is 5.68. The van der Waals surface area contributed by atoms with Crippen LogP contribution in [-0.2, 0) is 6.42 Å². The number of rotatable bonds is 3. The van der Waals surface area contributed by atoms with Gasteiger partial charge in [-0.3, -0.25) is 0 Å². The van der Waals surface area contributed by atoms with Gasteiger partial charge in [0.25, 0.3) is 0 Å². The second-order valence-corrected chi connectivity index (χ2v) is 5.68. The van der Waals surface area contributed by atoms with Gasteiger partial charge in [0.2, 0.25) is 0 Å². The van der Waals surface area contributed by atoms with E-state index in [4.69, 9.17) is 9.47 Å². The van der Waals surface area contributed by atoms with Crippen molar-refractivity contribution >= 4 is 0 Å². The molecule has 0 spiro atoms. The average Bonchev–Trinajstić information content (AvgIpc) is 2.45. The minimum absolute atomic E-state index is 0.333. The maximum absolute atomic E-state index is 10.4. The molecule has 110 valence electrons. The topological polar surface area (TPSA) is 38.7 Å². The molecule has 1 heterocycles. The molecule has 1 N–H and O–H groups in total. The third kappa shape index (κ3) is 3.19. The molecule has 2 unspecified atom stereocenters. The molecule has 0 saturated heterocycles. The number of fused-ring (bicyclic) bond motifs is 1. The maximum atomic E-state index is 10.4. The van der Waals surface area contributed by atoms with Crippen molar-refractivity contribution in [2.45, 2.75) is 32.5 Å². The zero-order valence-electron chi connectivity index (χ0n) is 12.4. The molecule has 0 aromatic heterocycles. The molecule has 2 aromatic carbocycles. The third-order valence-corrected chi connectivity index (χ3v) is 3.69. The Morgan fingerprint density at radius 1 is 1.10 bits per heavy atom. The van der Waals surface area contributed by atoms with Crippen LogP contribution < -0.4 is 9.47 Å². The molecule has 3 nitrogen and oxygen atoms in total. The number of hydrogen-bond acceptors (Lipinski definition) is 3. The molecule has 0 bridgehead atoms. The zero-order chi connectivity index (χ0) is 14.8. The first-order valence-electron chi connectivity index (χ1n) is 7.25. The van der Waals surface area contributed by atoms with Crippen molar-refractivity contribution in [2.75, 3.05) is 6.61 Å². The summed E-state index contributed by atoms with van der Waals surface area (Å²) in [7, 11) is 0. The summed E-state index contributed by atoms with van der Waals surface area (Å²) in [6, 6.07) is 13.9. The van der Waals surface area contributed by atoms with E-state index in [9.17, 15) is 5.11 Å². The Bertz CT molecular complexity index is 616. The lowest BCUT2D eigenvalue weighted by Gasteiger charge is -2.29. The lowest BCUT2D eigenvalue weighted by Crippen LogP contribution is -2.40. The number of hydrogen-bond donors (Lipinski definition) is 1. The number of aryl methyl sites for hydroxylation is 2. The summed E-state index contributed by atoms with van der Waals surface area (Å²) in [4.78, 5) is 0. The Balaban J connectivity index is 1.70. The monoisotopic (exact) mass is 284 g/mol. The Morgan fingerprint density at radius 2 is 1.76 bits per heavy atom. The van der Waals surface area contributed by atoms with Gasteiger partial charge in [0, 0.05) is 6.42 Å².